The molecule has 1 unspecified atom stereocenters. The molecule has 1 aliphatic heterocycles. The van der Waals surface area contributed by atoms with E-state index in [-0.39, 0.29) is 6.04 Å². The lowest BCUT2D eigenvalue weighted by Crippen LogP contribution is -2.40. The number of H-pyrrole nitrogens is 1. The summed E-state index contributed by atoms with van der Waals surface area (Å²) in [5, 5.41) is 1.77. The van der Waals surface area contributed by atoms with Crippen LogP contribution in [0.2, 0.25) is 5.02 Å². The second-order valence-electron chi connectivity index (χ2n) is 7.06. The van der Waals surface area contributed by atoms with Gasteiger partial charge in [0.15, 0.2) is 0 Å². The Morgan fingerprint density at radius 3 is 2.80 bits per heavy atom. The number of fused-ring (bicyclic) bond motifs is 3. The molecular weight excluding hydrogens is 423 g/mol. The molecule has 156 valence electrons. The van der Waals surface area contributed by atoms with Crippen molar-refractivity contribution in [3.8, 4) is 5.75 Å². The lowest BCUT2D eigenvalue weighted by Gasteiger charge is -2.35. The molecule has 0 saturated heterocycles. The van der Waals surface area contributed by atoms with Crippen LogP contribution < -0.4 is 4.74 Å². The van der Waals surface area contributed by atoms with E-state index in [9.17, 15) is 4.79 Å². The number of carbonyl (C=O) groups excluding carboxylic acids is 1. The molecule has 30 heavy (non-hydrogen) atoms. The molecule has 3 aromatic rings. The molecule has 1 atom stereocenters. The minimum absolute atomic E-state index is 0.315. The summed E-state index contributed by atoms with van der Waals surface area (Å²) in [5.74, 6) is 1.33. The topological polar surface area (TPSA) is 54.6 Å². The van der Waals surface area contributed by atoms with Gasteiger partial charge in [0.2, 0.25) is 0 Å². The highest BCUT2D eigenvalue weighted by molar-refractivity contribution is 6.31. The van der Waals surface area contributed by atoms with Gasteiger partial charge in [0.05, 0.1) is 12.9 Å². The van der Waals surface area contributed by atoms with E-state index in [4.69, 9.17) is 32.7 Å². The van der Waals surface area contributed by atoms with Crippen molar-refractivity contribution in [2.45, 2.75) is 18.9 Å². The number of nitrogens with one attached hydrogen (secondary N) is 1. The molecule has 7 heteroatoms. The number of hydrogen-bond donors (Lipinski definition) is 1. The highest BCUT2D eigenvalue weighted by Gasteiger charge is 2.35. The van der Waals surface area contributed by atoms with Gasteiger partial charge in [-0.1, -0.05) is 30.3 Å². The van der Waals surface area contributed by atoms with E-state index in [0.29, 0.717) is 30.5 Å². The van der Waals surface area contributed by atoms with Crippen LogP contribution in [0.1, 0.15) is 29.3 Å². The predicted octanol–water partition coefficient (Wildman–Crippen LogP) is 6.06. The van der Waals surface area contributed by atoms with Crippen molar-refractivity contribution in [2.75, 3.05) is 19.0 Å². The number of aromatic nitrogens is 1. The van der Waals surface area contributed by atoms with Gasteiger partial charge in [0, 0.05) is 34.0 Å². The monoisotopic (exact) mass is 444 g/mol. The first-order chi connectivity index (χ1) is 14.6. The molecule has 0 bridgehead atoms. The summed E-state index contributed by atoms with van der Waals surface area (Å²) < 4.78 is 10.8. The van der Waals surface area contributed by atoms with E-state index in [0.717, 1.165) is 40.6 Å². The molecule has 0 fully saturated rings. The van der Waals surface area contributed by atoms with Crippen LogP contribution in [0.5, 0.6) is 5.75 Å². The molecule has 0 spiro atoms. The van der Waals surface area contributed by atoms with Gasteiger partial charge >= 0.3 is 6.09 Å². The van der Waals surface area contributed by atoms with Crippen molar-refractivity contribution in [2.24, 2.45) is 0 Å². The quantitative estimate of drug-likeness (QED) is 0.285. The number of ether oxygens (including phenoxy) is 2. The van der Waals surface area contributed by atoms with Crippen molar-refractivity contribution < 1.29 is 14.3 Å². The number of alkyl halides is 1. The standard InChI is InChI=1S/C23H22Cl2N2O3/c1-2-29-23(28)27-12-10-18-19-14-16(25)6-9-20(19)26-21(18)22(27)15-4-7-17(8-5-15)30-13-3-11-24/h2,4-9,14,22,26H,1,3,10-13H2. The van der Waals surface area contributed by atoms with Crippen LogP contribution in [0, 0.1) is 0 Å². The smallest absolute Gasteiger partial charge is 0.415 e. The third kappa shape index (κ3) is 4.00. The predicted molar refractivity (Wildman–Crippen MR) is 120 cm³/mol. The molecule has 5 nitrogen and oxygen atoms in total. The number of hydrogen-bond acceptors (Lipinski definition) is 3. The zero-order valence-electron chi connectivity index (χ0n) is 16.4. The van der Waals surface area contributed by atoms with Crippen LogP contribution in [-0.4, -0.2) is 35.0 Å². The van der Waals surface area contributed by atoms with Crippen LogP contribution in [0.25, 0.3) is 10.9 Å². The van der Waals surface area contributed by atoms with Crippen molar-refractivity contribution in [3.63, 3.8) is 0 Å². The van der Waals surface area contributed by atoms with Gasteiger partial charge in [-0.3, -0.25) is 4.90 Å². The largest absolute Gasteiger partial charge is 0.494 e. The minimum atomic E-state index is -0.431. The lowest BCUT2D eigenvalue weighted by atomic mass is 9.92. The van der Waals surface area contributed by atoms with E-state index in [1.165, 1.54) is 5.56 Å². The molecular formula is C23H22Cl2N2O3. The first kappa shape index (κ1) is 20.6. The van der Waals surface area contributed by atoms with Crippen molar-refractivity contribution in [1.82, 2.24) is 9.88 Å². The Morgan fingerprint density at radius 2 is 2.07 bits per heavy atom. The van der Waals surface area contributed by atoms with E-state index < -0.39 is 6.09 Å². The van der Waals surface area contributed by atoms with Crippen LogP contribution in [-0.2, 0) is 11.2 Å². The maximum Gasteiger partial charge on any atom is 0.415 e. The summed E-state index contributed by atoms with van der Waals surface area (Å²) >= 11 is 11.9. The maximum atomic E-state index is 12.7. The second kappa shape index (κ2) is 9.02. The summed E-state index contributed by atoms with van der Waals surface area (Å²) in [5.41, 5.74) is 4.09. The fourth-order valence-corrected chi connectivity index (χ4v) is 4.22. The van der Waals surface area contributed by atoms with Gasteiger partial charge in [-0.25, -0.2) is 4.79 Å². The first-order valence-electron chi connectivity index (χ1n) is 9.79. The van der Waals surface area contributed by atoms with Gasteiger partial charge in [0.25, 0.3) is 0 Å². The molecule has 1 aromatic heterocycles. The Morgan fingerprint density at radius 1 is 1.27 bits per heavy atom. The van der Waals surface area contributed by atoms with Gasteiger partial charge in [-0.05, 0) is 54.3 Å². The fourth-order valence-electron chi connectivity index (χ4n) is 3.93. The number of benzene rings is 2. The van der Waals surface area contributed by atoms with Gasteiger partial charge in [0.1, 0.15) is 11.8 Å². The molecule has 0 aliphatic carbocycles. The normalized spacial score (nSPS) is 15.7. The van der Waals surface area contributed by atoms with Crippen LogP contribution in [0.3, 0.4) is 0 Å². The second-order valence-corrected chi connectivity index (χ2v) is 7.88. The van der Waals surface area contributed by atoms with Crippen molar-refractivity contribution >= 4 is 40.2 Å². The number of carbonyl (C=O) groups is 1. The summed E-state index contributed by atoms with van der Waals surface area (Å²) in [6, 6.07) is 13.2. The van der Waals surface area contributed by atoms with E-state index in [1.807, 2.05) is 42.5 Å². The third-order valence-electron chi connectivity index (χ3n) is 5.25. The highest BCUT2D eigenvalue weighted by atomic mass is 35.5. The Balaban J connectivity index is 1.74. The molecule has 1 amide bonds. The van der Waals surface area contributed by atoms with Crippen LogP contribution >= 0.6 is 23.2 Å². The number of nitrogens with zero attached hydrogens (tertiary/aromatic N) is 1. The highest BCUT2D eigenvalue weighted by Crippen LogP contribution is 2.39. The maximum absolute atomic E-state index is 12.7. The minimum Gasteiger partial charge on any atom is -0.494 e. The van der Waals surface area contributed by atoms with E-state index in [1.54, 1.807) is 4.90 Å². The molecule has 2 aromatic carbocycles. The Labute approximate surface area is 185 Å². The van der Waals surface area contributed by atoms with Crippen molar-refractivity contribution in [1.29, 1.82) is 0 Å². The van der Waals surface area contributed by atoms with Gasteiger partial charge in [-0.2, -0.15) is 0 Å². The van der Waals surface area contributed by atoms with Gasteiger partial charge < -0.3 is 14.5 Å². The first-order valence-corrected chi connectivity index (χ1v) is 10.7. The lowest BCUT2D eigenvalue weighted by molar-refractivity contribution is 0.121. The summed E-state index contributed by atoms with van der Waals surface area (Å²) in [4.78, 5) is 17.9. The van der Waals surface area contributed by atoms with Gasteiger partial charge in [-0.15, -0.1) is 11.6 Å². The number of halogens is 2. The summed E-state index contributed by atoms with van der Waals surface area (Å²) in [6.45, 7) is 4.60. The third-order valence-corrected chi connectivity index (χ3v) is 5.75. The summed E-state index contributed by atoms with van der Waals surface area (Å²) in [6.07, 6.45) is 2.22. The fraction of sp³-hybridized carbons (Fsp3) is 0.261. The number of rotatable bonds is 6. The molecule has 1 N–H and O–H groups in total. The Bertz CT molecular complexity index is 1060. The van der Waals surface area contributed by atoms with Crippen molar-refractivity contribution in [3.05, 3.63) is 77.1 Å². The molecule has 0 radical (unpaired) electrons. The average molecular weight is 445 g/mol. The van der Waals surface area contributed by atoms with E-state index in [2.05, 4.69) is 11.6 Å². The molecule has 4 rings (SSSR count). The zero-order valence-corrected chi connectivity index (χ0v) is 17.9. The molecule has 1 aliphatic rings. The number of aromatic amines is 1. The average Bonchev–Trinajstić information content (AvgIpc) is 3.12. The number of amides is 1. The molecule has 0 saturated carbocycles. The van der Waals surface area contributed by atoms with Crippen LogP contribution in [0.4, 0.5) is 4.79 Å². The summed E-state index contributed by atoms with van der Waals surface area (Å²) in [7, 11) is 0. The Hall–Kier alpha value is -2.63. The zero-order chi connectivity index (χ0) is 21.1. The van der Waals surface area contributed by atoms with Crippen LogP contribution in [0.15, 0.2) is 55.3 Å². The SMILES string of the molecule is C=COC(=O)N1CCc2c([nH]c3ccc(Cl)cc23)C1c1ccc(OCCCCl)cc1. The Kier molecular flexibility index (Phi) is 6.21. The van der Waals surface area contributed by atoms with E-state index >= 15 is 0 Å². The molecule has 2 heterocycles.